The van der Waals surface area contributed by atoms with Gasteiger partial charge in [0.25, 0.3) is 0 Å². The van der Waals surface area contributed by atoms with Crippen LogP contribution in [0.2, 0.25) is 0 Å². The number of aryl methyl sites for hydroxylation is 1. The first-order valence-electron chi connectivity index (χ1n) is 3.77. The highest BCUT2D eigenvalue weighted by atomic mass is 28.3. The Kier molecular flexibility index (Phi) is 2.75. The fourth-order valence-electron chi connectivity index (χ4n) is 1.14. The molecule has 0 N–H and O–H groups in total. The van der Waals surface area contributed by atoms with Gasteiger partial charge in [0.1, 0.15) is 0 Å². The third kappa shape index (κ3) is 1.59. The van der Waals surface area contributed by atoms with Crippen LogP contribution in [0.1, 0.15) is 5.56 Å². The van der Waals surface area contributed by atoms with Gasteiger partial charge in [0.05, 0.1) is 0 Å². The smallest absolute Gasteiger partial charge is 0.126 e. The largest absolute Gasteiger partial charge is 0.231 e. The number of rotatable bonds is 1. The molecule has 1 aromatic carbocycles. The highest BCUT2D eigenvalue weighted by molar-refractivity contribution is 6.87. The molecule has 0 heterocycles. The van der Waals surface area contributed by atoms with E-state index in [1.54, 1.807) is 0 Å². The van der Waals surface area contributed by atoms with Gasteiger partial charge in [-0.05, 0) is 12.1 Å². The number of hydrogen-bond donors (Lipinski definition) is 0. The molecule has 1 rings (SSSR count). The van der Waals surface area contributed by atoms with Crippen molar-refractivity contribution in [2.24, 2.45) is 0 Å². The number of benzene rings is 1. The molecular formula is C11H10Si. The van der Waals surface area contributed by atoms with Crippen LogP contribution in [0, 0.1) is 30.9 Å². The lowest BCUT2D eigenvalue weighted by atomic mass is 10.2. The van der Waals surface area contributed by atoms with Gasteiger partial charge in [-0.2, -0.15) is 0 Å². The first-order valence-corrected chi connectivity index (χ1v) is 5.50. The van der Waals surface area contributed by atoms with E-state index in [9.17, 15) is 0 Å². The molecule has 0 aliphatic heterocycles. The van der Waals surface area contributed by atoms with Crippen LogP contribution in [0.5, 0.6) is 0 Å². The Labute approximate surface area is 75.2 Å². The van der Waals surface area contributed by atoms with Crippen molar-refractivity contribution in [3.05, 3.63) is 29.8 Å². The SMILES string of the molecule is C#C[SiH](C#C)c1ccccc1C. The predicted octanol–water partition coefficient (Wildman–Crippen LogP) is 0.774. The van der Waals surface area contributed by atoms with Gasteiger partial charge in [0, 0.05) is 0 Å². The molecule has 12 heavy (non-hydrogen) atoms. The highest BCUT2D eigenvalue weighted by Gasteiger charge is 2.08. The Balaban J connectivity index is 3.13. The van der Waals surface area contributed by atoms with Crippen LogP contribution >= 0.6 is 0 Å². The second-order valence-electron chi connectivity index (χ2n) is 2.62. The van der Waals surface area contributed by atoms with Crippen molar-refractivity contribution in [3.8, 4) is 23.9 Å². The molecule has 0 amide bonds. The minimum absolute atomic E-state index is 1.20. The molecule has 58 valence electrons. The molecule has 0 bridgehead atoms. The predicted molar refractivity (Wildman–Crippen MR) is 55.6 cm³/mol. The molecule has 0 saturated heterocycles. The Hall–Kier alpha value is -1.44. The molecule has 0 atom stereocenters. The van der Waals surface area contributed by atoms with Gasteiger partial charge in [-0.1, -0.05) is 29.8 Å². The van der Waals surface area contributed by atoms with Crippen LogP contribution in [-0.4, -0.2) is 8.80 Å². The van der Waals surface area contributed by atoms with Crippen molar-refractivity contribution in [1.29, 1.82) is 0 Å². The van der Waals surface area contributed by atoms with Gasteiger partial charge in [-0.25, -0.2) is 0 Å². The second kappa shape index (κ2) is 3.81. The molecule has 1 aromatic rings. The van der Waals surface area contributed by atoms with E-state index < -0.39 is 8.80 Å². The normalized spacial score (nSPS) is 9.00. The maximum absolute atomic E-state index is 5.35. The van der Waals surface area contributed by atoms with E-state index in [2.05, 4.69) is 11.1 Å². The van der Waals surface area contributed by atoms with Crippen molar-refractivity contribution in [1.82, 2.24) is 0 Å². The zero-order valence-corrected chi connectivity index (χ0v) is 8.20. The van der Waals surface area contributed by atoms with Gasteiger partial charge in [0.15, 0.2) is 0 Å². The molecule has 0 unspecified atom stereocenters. The van der Waals surface area contributed by atoms with Crippen molar-refractivity contribution < 1.29 is 0 Å². The van der Waals surface area contributed by atoms with Crippen molar-refractivity contribution in [2.45, 2.75) is 6.92 Å². The van der Waals surface area contributed by atoms with Crippen molar-refractivity contribution >= 4 is 14.0 Å². The summed E-state index contributed by atoms with van der Waals surface area (Å²) in [6.07, 6.45) is 10.7. The standard InChI is InChI=1S/C11H10Si/c1-4-12(5-2)11-9-7-6-8-10(11)3/h1-2,6-9,12H,3H3. The Morgan fingerprint density at radius 1 is 1.17 bits per heavy atom. The summed E-state index contributed by atoms with van der Waals surface area (Å²) in [4.78, 5) is 0. The van der Waals surface area contributed by atoms with Gasteiger partial charge < -0.3 is 0 Å². The Morgan fingerprint density at radius 3 is 2.25 bits per heavy atom. The van der Waals surface area contributed by atoms with Crippen LogP contribution in [-0.2, 0) is 0 Å². The minimum Gasteiger partial charge on any atom is -0.126 e. The molecule has 1 heteroatoms. The molecule has 0 nitrogen and oxygen atoms in total. The topological polar surface area (TPSA) is 0 Å². The van der Waals surface area contributed by atoms with E-state index in [1.165, 1.54) is 10.8 Å². The van der Waals surface area contributed by atoms with E-state index in [-0.39, 0.29) is 0 Å². The third-order valence-electron chi connectivity index (χ3n) is 1.83. The molecule has 0 radical (unpaired) electrons. The van der Waals surface area contributed by atoms with Gasteiger partial charge in [0.2, 0.25) is 8.80 Å². The molecule has 0 aliphatic rings. The van der Waals surface area contributed by atoms with Crippen LogP contribution < -0.4 is 5.19 Å². The fourth-order valence-corrected chi connectivity index (χ4v) is 2.45. The first-order chi connectivity index (χ1) is 5.79. The van der Waals surface area contributed by atoms with E-state index in [0.29, 0.717) is 0 Å². The quantitative estimate of drug-likeness (QED) is 0.431. The average Bonchev–Trinajstić information content (AvgIpc) is 2.10. The lowest BCUT2D eigenvalue weighted by molar-refractivity contribution is 1.51. The summed E-state index contributed by atoms with van der Waals surface area (Å²) in [5.74, 6) is 0. The zero-order chi connectivity index (χ0) is 8.97. The van der Waals surface area contributed by atoms with Gasteiger partial charge >= 0.3 is 0 Å². The number of terminal acetylenes is 2. The maximum atomic E-state index is 5.35. The second-order valence-corrected chi connectivity index (χ2v) is 4.78. The summed E-state index contributed by atoms with van der Waals surface area (Å²) in [6.45, 7) is 2.05. The summed E-state index contributed by atoms with van der Waals surface area (Å²) in [6, 6.07) is 8.06. The number of hydrogen-bond acceptors (Lipinski definition) is 0. The molecule has 0 aliphatic carbocycles. The maximum Gasteiger partial charge on any atom is 0.231 e. The zero-order valence-electron chi connectivity index (χ0n) is 7.04. The average molecular weight is 170 g/mol. The fraction of sp³-hybridized carbons (Fsp3) is 0.0909. The summed E-state index contributed by atoms with van der Waals surface area (Å²) in [5.41, 5.74) is 6.64. The van der Waals surface area contributed by atoms with Crippen LogP contribution in [0.15, 0.2) is 24.3 Å². The third-order valence-corrected chi connectivity index (χ3v) is 3.77. The molecule has 0 saturated carbocycles. The van der Waals surface area contributed by atoms with Gasteiger partial charge in [-0.15, -0.1) is 23.9 Å². The van der Waals surface area contributed by atoms with Crippen LogP contribution in [0.4, 0.5) is 0 Å². The lowest BCUT2D eigenvalue weighted by Gasteiger charge is -2.04. The summed E-state index contributed by atoms with van der Waals surface area (Å²) in [7, 11) is -1.53. The highest BCUT2D eigenvalue weighted by Crippen LogP contribution is 1.94. The molecular weight excluding hydrogens is 160 g/mol. The minimum atomic E-state index is -1.53. The monoisotopic (exact) mass is 170 g/mol. The molecule has 0 aromatic heterocycles. The molecule has 0 spiro atoms. The van der Waals surface area contributed by atoms with Crippen molar-refractivity contribution in [3.63, 3.8) is 0 Å². The Morgan fingerprint density at radius 2 is 1.75 bits per heavy atom. The summed E-state index contributed by atoms with van der Waals surface area (Å²) < 4.78 is 0. The summed E-state index contributed by atoms with van der Waals surface area (Å²) >= 11 is 0. The van der Waals surface area contributed by atoms with E-state index in [1.807, 2.05) is 31.2 Å². The molecule has 0 fully saturated rings. The first kappa shape index (κ1) is 8.65. The van der Waals surface area contributed by atoms with Crippen molar-refractivity contribution in [2.75, 3.05) is 0 Å². The van der Waals surface area contributed by atoms with Crippen LogP contribution in [0.3, 0.4) is 0 Å². The van der Waals surface area contributed by atoms with E-state index in [0.717, 1.165) is 0 Å². The van der Waals surface area contributed by atoms with E-state index >= 15 is 0 Å². The Bertz CT molecular complexity index is 338. The summed E-state index contributed by atoms with van der Waals surface area (Å²) in [5, 5.41) is 1.20. The lowest BCUT2D eigenvalue weighted by Crippen LogP contribution is -2.29. The van der Waals surface area contributed by atoms with Gasteiger partial charge in [-0.3, -0.25) is 0 Å². The van der Waals surface area contributed by atoms with E-state index in [4.69, 9.17) is 12.8 Å². The van der Waals surface area contributed by atoms with Crippen LogP contribution in [0.25, 0.3) is 0 Å².